The van der Waals surface area contributed by atoms with E-state index in [1.165, 1.54) is 19.3 Å². The van der Waals surface area contributed by atoms with E-state index in [-0.39, 0.29) is 0 Å². The molecule has 2 rings (SSSR count). The third-order valence-corrected chi connectivity index (χ3v) is 2.84. The summed E-state index contributed by atoms with van der Waals surface area (Å²) in [7, 11) is 0. The Hall–Kier alpha value is 0. The molecule has 2 aliphatic carbocycles. The molecule has 0 aliphatic heterocycles. The smallest absolute Gasteiger partial charge is 0.0294 e. The van der Waals surface area contributed by atoms with Crippen LogP contribution in [0.3, 0.4) is 0 Å². The molecule has 0 N–H and O–H groups in total. The van der Waals surface area contributed by atoms with E-state index < -0.39 is 0 Å². The standard InChI is InChI=1S/C7H12.C2H6/c1-7-4-2-3-6(7)5-7;1-2/h6H,2-5H2,1H3;1-2H3. The van der Waals surface area contributed by atoms with Gasteiger partial charge in [-0.3, -0.25) is 0 Å². The summed E-state index contributed by atoms with van der Waals surface area (Å²) in [5.74, 6) is 1.16. The second-order valence-electron chi connectivity index (χ2n) is 3.45. The number of rotatable bonds is 0. The quantitative estimate of drug-likeness (QED) is 0.467. The third-order valence-electron chi connectivity index (χ3n) is 2.84. The van der Waals surface area contributed by atoms with Crippen molar-refractivity contribution in [2.45, 2.75) is 46.5 Å². The van der Waals surface area contributed by atoms with E-state index in [0.717, 1.165) is 11.3 Å². The molecule has 2 aliphatic rings. The van der Waals surface area contributed by atoms with E-state index in [0.29, 0.717) is 0 Å². The first-order chi connectivity index (χ1) is 4.31. The predicted molar refractivity (Wildman–Crippen MR) is 41.4 cm³/mol. The molecule has 2 unspecified atom stereocenters. The SMILES string of the molecule is CC.CC12CCCC1C2. The van der Waals surface area contributed by atoms with Crippen LogP contribution in [0.1, 0.15) is 46.5 Å². The fourth-order valence-corrected chi connectivity index (χ4v) is 2.01. The molecule has 2 fully saturated rings. The molecule has 0 amide bonds. The van der Waals surface area contributed by atoms with Crippen molar-refractivity contribution in [2.75, 3.05) is 0 Å². The summed E-state index contributed by atoms with van der Waals surface area (Å²) in [5.41, 5.74) is 0.861. The van der Waals surface area contributed by atoms with E-state index in [4.69, 9.17) is 0 Å². The topological polar surface area (TPSA) is 0 Å². The molecule has 0 bridgehead atoms. The van der Waals surface area contributed by atoms with E-state index in [1.54, 1.807) is 6.42 Å². The summed E-state index contributed by atoms with van der Waals surface area (Å²) in [6, 6.07) is 0. The summed E-state index contributed by atoms with van der Waals surface area (Å²) in [6.07, 6.45) is 6.13. The Morgan fingerprint density at radius 3 is 2.11 bits per heavy atom. The maximum atomic E-state index is 2.44. The lowest BCUT2D eigenvalue weighted by atomic mass is 10.1. The van der Waals surface area contributed by atoms with E-state index in [2.05, 4.69) is 6.92 Å². The molecular weight excluding hydrogens is 108 g/mol. The predicted octanol–water partition coefficient (Wildman–Crippen LogP) is 3.22. The Kier molecular flexibility index (Phi) is 1.83. The average molecular weight is 126 g/mol. The third kappa shape index (κ3) is 1.12. The Morgan fingerprint density at radius 1 is 1.33 bits per heavy atom. The van der Waals surface area contributed by atoms with Crippen molar-refractivity contribution < 1.29 is 0 Å². The number of fused-ring (bicyclic) bond motifs is 1. The van der Waals surface area contributed by atoms with Crippen LogP contribution in [0.15, 0.2) is 0 Å². The molecule has 0 aromatic rings. The first-order valence-corrected chi connectivity index (χ1v) is 4.31. The Labute approximate surface area is 58.7 Å². The number of hydrogen-bond acceptors (Lipinski definition) is 0. The molecule has 0 heterocycles. The van der Waals surface area contributed by atoms with Crippen LogP contribution >= 0.6 is 0 Å². The van der Waals surface area contributed by atoms with Crippen LogP contribution < -0.4 is 0 Å². The molecule has 0 aromatic heterocycles. The zero-order chi connectivity index (χ0) is 6.91. The lowest BCUT2D eigenvalue weighted by Crippen LogP contribution is -1.85. The first kappa shape index (κ1) is 7.11. The van der Waals surface area contributed by atoms with Crippen molar-refractivity contribution in [3.63, 3.8) is 0 Å². The van der Waals surface area contributed by atoms with Gasteiger partial charge in [-0.05, 0) is 30.6 Å². The first-order valence-electron chi connectivity index (χ1n) is 4.31. The second-order valence-corrected chi connectivity index (χ2v) is 3.45. The molecular formula is C9H18. The minimum Gasteiger partial charge on any atom is -0.0683 e. The highest BCUT2D eigenvalue weighted by Gasteiger charge is 2.52. The minimum absolute atomic E-state index is 0.861. The fraction of sp³-hybridized carbons (Fsp3) is 1.00. The monoisotopic (exact) mass is 126 g/mol. The lowest BCUT2D eigenvalue weighted by Gasteiger charge is -1.96. The van der Waals surface area contributed by atoms with Crippen LogP contribution in [-0.2, 0) is 0 Å². The van der Waals surface area contributed by atoms with Gasteiger partial charge in [-0.1, -0.05) is 27.2 Å². The molecule has 0 radical (unpaired) electrons. The zero-order valence-electron chi connectivity index (χ0n) is 6.91. The van der Waals surface area contributed by atoms with Gasteiger partial charge in [0.15, 0.2) is 0 Å². The highest BCUT2D eigenvalue weighted by atomic mass is 14.6. The molecule has 2 atom stereocenters. The van der Waals surface area contributed by atoms with Crippen molar-refractivity contribution in [1.29, 1.82) is 0 Å². The average Bonchev–Trinajstić information content (AvgIpc) is 2.38. The van der Waals surface area contributed by atoms with Crippen LogP contribution in [0.4, 0.5) is 0 Å². The maximum Gasteiger partial charge on any atom is -0.0294 e. The molecule has 54 valence electrons. The highest BCUT2D eigenvalue weighted by Crippen LogP contribution is 2.62. The van der Waals surface area contributed by atoms with Crippen LogP contribution in [0.2, 0.25) is 0 Å². The molecule has 0 heteroatoms. The van der Waals surface area contributed by atoms with Gasteiger partial charge in [-0.2, -0.15) is 0 Å². The van der Waals surface area contributed by atoms with E-state index >= 15 is 0 Å². The van der Waals surface area contributed by atoms with Crippen molar-refractivity contribution in [1.82, 2.24) is 0 Å². The molecule has 0 nitrogen and oxygen atoms in total. The highest BCUT2D eigenvalue weighted by molar-refractivity contribution is 5.02. The van der Waals surface area contributed by atoms with Gasteiger partial charge in [-0.25, -0.2) is 0 Å². The minimum atomic E-state index is 0.861. The molecule has 2 saturated carbocycles. The Morgan fingerprint density at radius 2 is 2.00 bits per heavy atom. The van der Waals surface area contributed by atoms with Crippen LogP contribution in [0, 0.1) is 11.3 Å². The fourth-order valence-electron chi connectivity index (χ4n) is 2.01. The molecule has 9 heavy (non-hydrogen) atoms. The van der Waals surface area contributed by atoms with Crippen LogP contribution in [0.5, 0.6) is 0 Å². The molecule has 0 saturated heterocycles. The second kappa shape index (κ2) is 2.32. The van der Waals surface area contributed by atoms with Gasteiger partial charge >= 0.3 is 0 Å². The van der Waals surface area contributed by atoms with Crippen molar-refractivity contribution in [3.05, 3.63) is 0 Å². The van der Waals surface area contributed by atoms with Crippen molar-refractivity contribution >= 4 is 0 Å². The van der Waals surface area contributed by atoms with Crippen molar-refractivity contribution in [2.24, 2.45) is 11.3 Å². The van der Waals surface area contributed by atoms with E-state index in [9.17, 15) is 0 Å². The molecule has 0 spiro atoms. The van der Waals surface area contributed by atoms with Gasteiger partial charge in [0.1, 0.15) is 0 Å². The summed E-state index contributed by atoms with van der Waals surface area (Å²) in [4.78, 5) is 0. The van der Waals surface area contributed by atoms with Crippen LogP contribution in [0.25, 0.3) is 0 Å². The van der Waals surface area contributed by atoms with Gasteiger partial charge in [0.25, 0.3) is 0 Å². The summed E-state index contributed by atoms with van der Waals surface area (Å²) in [5, 5.41) is 0. The van der Waals surface area contributed by atoms with E-state index in [1.807, 2.05) is 13.8 Å². The largest absolute Gasteiger partial charge is 0.0683 e. The van der Waals surface area contributed by atoms with Gasteiger partial charge in [0, 0.05) is 0 Å². The Bertz CT molecular complexity index is 94.2. The number of hydrogen-bond donors (Lipinski definition) is 0. The maximum absolute atomic E-state index is 2.44. The molecule has 0 aromatic carbocycles. The van der Waals surface area contributed by atoms with Gasteiger partial charge in [0.2, 0.25) is 0 Å². The van der Waals surface area contributed by atoms with Gasteiger partial charge < -0.3 is 0 Å². The van der Waals surface area contributed by atoms with Crippen LogP contribution in [-0.4, -0.2) is 0 Å². The van der Waals surface area contributed by atoms with Crippen molar-refractivity contribution in [3.8, 4) is 0 Å². The summed E-state index contributed by atoms with van der Waals surface area (Å²) < 4.78 is 0. The summed E-state index contributed by atoms with van der Waals surface area (Å²) >= 11 is 0. The lowest BCUT2D eigenvalue weighted by molar-refractivity contribution is 0.547. The zero-order valence-corrected chi connectivity index (χ0v) is 6.91. The van der Waals surface area contributed by atoms with Gasteiger partial charge in [-0.15, -0.1) is 0 Å². The normalized spacial score (nSPS) is 45.0. The Balaban J connectivity index is 0.000000186. The summed E-state index contributed by atoms with van der Waals surface area (Å²) in [6.45, 7) is 6.44. The van der Waals surface area contributed by atoms with Gasteiger partial charge in [0.05, 0.1) is 0 Å².